The van der Waals surface area contributed by atoms with Gasteiger partial charge in [0.25, 0.3) is 0 Å². The summed E-state index contributed by atoms with van der Waals surface area (Å²) in [4.78, 5) is 11.9. The van der Waals surface area contributed by atoms with E-state index in [0.29, 0.717) is 22.0 Å². The number of hydrogen-bond acceptors (Lipinski definition) is 5. The van der Waals surface area contributed by atoms with Gasteiger partial charge in [-0.2, -0.15) is 10.4 Å². The van der Waals surface area contributed by atoms with Crippen LogP contribution in [-0.4, -0.2) is 36.1 Å². The van der Waals surface area contributed by atoms with Gasteiger partial charge in [0, 0.05) is 17.7 Å². The molecule has 2 aromatic rings. The van der Waals surface area contributed by atoms with E-state index in [9.17, 15) is 10.1 Å². The number of methoxy groups -OCH3 is 1. The number of carbonyl (C=O) groups excluding carboxylic acids is 1. The molecule has 0 N–H and O–H groups in total. The highest BCUT2D eigenvalue weighted by Crippen LogP contribution is 2.27. The van der Waals surface area contributed by atoms with Crippen LogP contribution in [0.5, 0.6) is 0 Å². The molecule has 0 aliphatic rings. The summed E-state index contributed by atoms with van der Waals surface area (Å²) < 4.78 is 11.2. The van der Waals surface area contributed by atoms with Gasteiger partial charge in [0.1, 0.15) is 23.4 Å². The maximum absolute atomic E-state index is 11.9. The monoisotopic (exact) mass is 379 g/mol. The summed E-state index contributed by atoms with van der Waals surface area (Å²) in [7, 11) is 1.49. The third-order valence-corrected chi connectivity index (χ3v) is 3.85. The van der Waals surface area contributed by atoms with E-state index in [1.165, 1.54) is 17.9 Å². The van der Waals surface area contributed by atoms with Crippen LogP contribution in [0.3, 0.4) is 0 Å². The van der Waals surface area contributed by atoms with Gasteiger partial charge in [-0.25, -0.2) is 9.48 Å². The molecule has 0 saturated carbocycles. The number of rotatable bonds is 6. The number of benzene rings is 1. The lowest BCUT2D eigenvalue weighted by molar-refractivity contribution is -0.139. The van der Waals surface area contributed by atoms with Crippen molar-refractivity contribution in [2.75, 3.05) is 20.3 Å². The average molecular weight is 380 g/mol. The van der Waals surface area contributed by atoms with E-state index in [2.05, 4.69) is 5.10 Å². The Kier molecular flexibility index (Phi) is 6.59. The lowest BCUT2D eigenvalue weighted by Gasteiger charge is -2.04. The third kappa shape index (κ3) is 4.60. The number of nitrogens with zero attached hydrogens (tertiary/aromatic N) is 3. The number of aryl methyl sites for hydroxylation is 1. The Balaban J connectivity index is 2.36. The van der Waals surface area contributed by atoms with Crippen molar-refractivity contribution in [2.45, 2.75) is 6.92 Å². The molecule has 25 heavy (non-hydrogen) atoms. The zero-order valence-corrected chi connectivity index (χ0v) is 15.1. The number of ether oxygens (including phenoxy) is 2. The van der Waals surface area contributed by atoms with Gasteiger partial charge in [-0.15, -0.1) is 0 Å². The highest BCUT2D eigenvalue weighted by atomic mass is 35.5. The number of hydrogen-bond donors (Lipinski definition) is 0. The van der Waals surface area contributed by atoms with Crippen molar-refractivity contribution >= 4 is 35.2 Å². The molecular weight excluding hydrogens is 365 g/mol. The first-order valence-corrected chi connectivity index (χ1v) is 8.02. The standard InChI is InChI=1S/C17H15Cl2N3O3/c1-11-15(8-12(10-20)17(23)25-7-6-24-2)16(19)22(21-11)14-5-3-4-13(18)9-14/h3-5,8-9H,6-7H2,1-2H3/b12-8+. The molecule has 1 heterocycles. The van der Waals surface area contributed by atoms with Crippen molar-refractivity contribution in [2.24, 2.45) is 0 Å². The molecule has 0 spiro atoms. The Bertz CT molecular complexity index is 853. The van der Waals surface area contributed by atoms with E-state index < -0.39 is 5.97 Å². The Morgan fingerprint density at radius 1 is 1.40 bits per heavy atom. The number of halogens is 2. The first kappa shape index (κ1) is 19.0. The number of nitriles is 1. The lowest BCUT2D eigenvalue weighted by Crippen LogP contribution is -2.11. The van der Waals surface area contributed by atoms with Crippen LogP contribution in [0.25, 0.3) is 11.8 Å². The Morgan fingerprint density at radius 2 is 2.16 bits per heavy atom. The van der Waals surface area contributed by atoms with Crippen LogP contribution in [-0.2, 0) is 14.3 Å². The van der Waals surface area contributed by atoms with Crippen LogP contribution in [0.15, 0.2) is 29.8 Å². The molecule has 1 aromatic carbocycles. The minimum Gasteiger partial charge on any atom is -0.459 e. The molecule has 6 nitrogen and oxygen atoms in total. The van der Waals surface area contributed by atoms with Crippen LogP contribution in [0.4, 0.5) is 0 Å². The van der Waals surface area contributed by atoms with Gasteiger partial charge in [-0.05, 0) is 31.2 Å². The molecule has 0 amide bonds. The van der Waals surface area contributed by atoms with Crippen LogP contribution in [0.1, 0.15) is 11.3 Å². The molecule has 0 fully saturated rings. The van der Waals surface area contributed by atoms with Gasteiger partial charge in [-0.3, -0.25) is 0 Å². The number of esters is 1. The summed E-state index contributed by atoms with van der Waals surface area (Å²) in [6.45, 7) is 2.03. The summed E-state index contributed by atoms with van der Waals surface area (Å²) in [6, 6.07) is 8.83. The Hall–Kier alpha value is -2.33. The van der Waals surface area contributed by atoms with E-state index in [1.54, 1.807) is 31.2 Å². The van der Waals surface area contributed by atoms with Crippen molar-refractivity contribution in [1.29, 1.82) is 5.26 Å². The largest absolute Gasteiger partial charge is 0.459 e. The van der Waals surface area contributed by atoms with Crippen LogP contribution < -0.4 is 0 Å². The topological polar surface area (TPSA) is 77.1 Å². The second kappa shape index (κ2) is 8.67. The molecule has 1 aromatic heterocycles. The zero-order chi connectivity index (χ0) is 18.4. The molecule has 0 unspecified atom stereocenters. The van der Waals surface area contributed by atoms with Crippen molar-refractivity contribution in [3.63, 3.8) is 0 Å². The average Bonchev–Trinajstić information content (AvgIpc) is 2.87. The van der Waals surface area contributed by atoms with Crippen molar-refractivity contribution in [1.82, 2.24) is 9.78 Å². The van der Waals surface area contributed by atoms with E-state index in [1.807, 2.05) is 6.07 Å². The van der Waals surface area contributed by atoms with Gasteiger partial charge in [-0.1, -0.05) is 29.3 Å². The quantitative estimate of drug-likeness (QED) is 0.331. The molecular formula is C17H15Cl2N3O3. The summed E-state index contributed by atoms with van der Waals surface area (Å²) in [5.74, 6) is -0.745. The van der Waals surface area contributed by atoms with Gasteiger partial charge in [0.15, 0.2) is 0 Å². The fourth-order valence-electron chi connectivity index (χ4n) is 2.03. The van der Waals surface area contributed by atoms with Gasteiger partial charge >= 0.3 is 5.97 Å². The Morgan fingerprint density at radius 3 is 2.80 bits per heavy atom. The fourth-order valence-corrected chi connectivity index (χ4v) is 2.54. The van der Waals surface area contributed by atoms with E-state index in [-0.39, 0.29) is 23.9 Å². The number of aromatic nitrogens is 2. The summed E-state index contributed by atoms with van der Waals surface area (Å²) in [5, 5.41) is 14.4. The minimum absolute atomic E-state index is 0.0584. The van der Waals surface area contributed by atoms with E-state index in [4.69, 9.17) is 32.7 Å². The predicted molar refractivity (Wildman–Crippen MR) is 94.7 cm³/mol. The first-order chi connectivity index (χ1) is 12.0. The van der Waals surface area contributed by atoms with Crippen molar-refractivity contribution in [3.05, 3.63) is 51.3 Å². The van der Waals surface area contributed by atoms with Gasteiger partial charge in [0.05, 0.1) is 18.0 Å². The van der Waals surface area contributed by atoms with Gasteiger partial charge in [0.2, 0.25) is 0 Å². The summed E-state index contributed by atoms with van der Waals surface area (Å²) >= 11 is 12.4. The maximum Gasteiger partial charge on any atom is 0.348 e. The minimum atomic E-state index is -0.745. The van der Waals surface area contributed by atoms with Crippen molar-refractivity contribution in [3.8, 4) is 11.8 Å². The molecule has 130 valence electrons. The molecule has 0 bridgehead atoms. The molecule has 2 rings (SSSR count). The van der Waals surface area contributed by atoms with E-state index >= 15 is 0 Å². The SMILES string of the molecule is COCCOC(=O)/C(C#N)=C/c1c(C)nn(-c2cccc(Cl)c2)c1Cl. The van der Waals surface area contributed by atoms with Crippen LogP contribution in [0.2, 0.25) is 10.2 Å². The molecule has 0 radical (unpaired) electrons. The van der Waals surface area contributed by atoms with Crippen LogP contribution in [0, 0.1) is 18.3 Å². The van der Waals surface area contributed by atoms with E-state index in [0.717, 1.165) is 0 Å². The predicted octanol–water partition coefficient (Wildman–Crippen LogP) is 3.58. The smallest absolute Gasteiger partial charge is 0.348 e. The summed E-state index contributed by atoms with van der Waals surface area (Å²) in [6.07, 6.45) is 1.36. The summed E-state index contributed by atoms with van der Waals surface area (Å²) in [5.41, 5.74) is 1.51. The first-order valence-electron chi connectivity index (χ1n) is 7.26. The fraction of sp³-hybridized carbons (Fsp3) is 0.235. The van der Waals surface area contributed by atoms with Crippen molar-refractivity contribution < 1.29 is 14.3 Å². The second-order valence-corrected chi connectivity index (χ2v) is 5.77. The molecule has 0 aliphatic carbocycles. The molecule has 0 saturated heterocycles. The zero-order valence-electron chi connectivity index (χ0n) is 13.6. The van der Waals surface area contributed by atoms with Crippen LogP contribution >= 0.6 is 23.2 Å². The number of carbonyl (C=O) groups is 1. The van der Waals surface area contributed by atoms with Gasteiger partial charge < -0.3 is 9.47 Å². The molecule has 0 atom stereocenters. The third-order valence-electron chi connectivity index (χ3n) is 3.25. The highest BCUT2D eigenvalue weighted by molar-refractivity contribution is 6.32. The lowest BCUT2D eigenvalue weighted by atomic mass is 10.1. The normalized spacial score (nSPS) is 11.2. The molecule has 8 heteroatoms. The highest BCUT2D eigenvalue weighted by Gasteiger charge is 2.17. The second-order valence-electron chi connectivity index (χ2n) is 4.98. The molecule has 0 aliphatic heterocycles. The Labute approximate surface area is 155 Å². The maximum atomic E-state index is 11.9.